The highest BCUT2D eigenvalue weighted by Crippen LogP contribution is 2.13. The molecule has 0 aliphatic rings. The van der Waals surface area contributed by atoms with Gasteiger partial charge in [-0.25, -0.2) is 0 Å². The Labute approximate surface area is 135 Å². The Kier molecular flexibility index (Phi) is 5.80. The number of non-ortho nitro benzene ring substituents is 1. The molecule has 2 rings (SSSR count). The van der Waals surface area contributed by atoms with Gasteiger partial charge in [-0.1, -0.05) is 54.1 Å². The molecule has 118 valence electrons. The number of nitro benzene ring substituents is 1. The number of hydrogen-bond donors (Lipinski definition) is 0. The maximum atomic E-state index is 11.9. The summed E-state index contributed by atoms with van der Waals surface area (Å²) in [5, 5.41) is 10.6. The summed E-state index contributed by atoms with van der Waals surface area (Å²) in [6.07, 6.45) is 5.29. The minimum atomic E-state index is -0.426. The van der Waals surface area contributed by atoms with E-state index in [9.17, 15) is 14.9 Å². The number of allylic oxidation sites excluding steroid dienone is 1. The Morgan fingerprint density at radius 2 is 1.91 bits per heavy atom. The van der Waals surface area contributed by atoms with E-state index in [4.69, 9.17) is 0 Å². The van der Waals surface area contributed by atoms with Crippen LogP contribution in [0.2, 0.25) is 0 Å². The zero-order valence-corrected chi connectivity index (χ0v) is 13.1. The molecule has 23 heavy (non-hydrogen) atoms. The first-order valence-corrected chi connectivity index (χ1v) is 7.53. The molecule has 0 atom stereocenters. The van der Waals surface area contributed by atoms with Crippen LogP contribution in [0.3, 0.4) is 0 Å². The van der Waals surface area contributed by atoms with Gasteiger partial charge in [-0.05, 0) is 24.5 Å². The van der Waals surface area contributed by atoms with Gasteiger partial charge in [0, 0.05) is 25.0 Å². The standard InChI is InChI=1S/C19H19NO3/c1-15-4-2-5-17(14-15)6-3-7-19(21)13-10-16-8-11-18(12-9-16)20(22)23/h2-6,8-9,11-12,14H,7,10,13H2,1H3/b6-3+. The molecule has 0 aliphatic carbocycles. The lowest BCUT2D eigenvalue weighted by Gasteiger charge is -2.00. The Morgan fingerprint density at radius 3 is 2.57 bits per heavy atom. The van der Waals surface area contributed by atoms with Crippen LogP contribution < -0.4 is 0 Å². The molecule has 4 nitrogen and oxygen atoms in total. The number of Topliss-reactive ketones (excluding diaryl/α,β-unsaturated/α-hetero) is 1. The van der Waals surface area contributed by atoms with Gasteiger partial charge in [0.1, 0.15) is 5.78 Å². The van der Waals surface area contributed by atoms with Gasteiger partial charge in [-0.15, -0.1) is 0 Å². The largest absolute Gasteiger partial charge is 0.299 e. The number of nitro groups is 1. The number of hydrogen-bond acceptors (Lipinski definition) is 3. The van der Waals surface area contributed by atoms with Crippen LogP contribution in [-0.4, -0.2) is 10.7 Å². The fraction of sp³-hybridized carbons (Fsp3) is 0.211. The highest BCUT2D eigenvalue weighted by atomic mass is 16.6. The van der Waals surface area contributed by atoms with Gasteiger partial charge in [0.2, 0.25) is 0 Å². The molecule has 4 heteroatoms. The number of carbonyl (C=O) groups is 1. The minimum Gasteiger partial charge on any atom is -0.299 e. The average molecular weight is 309 g/mol. The molecule has 0 saturated heterocycles. The van der Waals surface area contributed by atoms with Crippen LogP contribution >= 0.6 is 0 Å². The molecule has 0 heterocycles. The van der Waals surface area contributed by atoms with Crippen LogP contribution in [0.25, 0.3) is 6.08 Å². The molecule has 0 fully saturated rings. The van der Waals surface area contributed by atoms with Gasteiger partial charge in [0.05, 0.1) is 4.92 Å². The van der Waals surface area contributed by atoms with Crippen LogP contribution in [0.1, 0.15) is 29.5 Å². The van der Waals surface area contributed by atoms with Gasteiger partial charge >= 0.3 is 0 Å². The normalized spacial score (nSPS) is 10.8. The number of aryl methyl sites for hydroxylation is 2. The minimum absolute atomic E-state index is 0.0705. The molecule has 0 aromatic heterocycles. The smallest absolute Gasteiger partial charge is 0.269 e. The number of carbonyl (C=O) groups excluding carboxylic acids is 1. The van der Waals surface area contributed by atoms with Crippen molar-refractivity contribution in [3.63, 3.8) is 0 Å². The van der Waals surface area contributed by atoms with Crippen LogP contribution in [0.4, 0.5) is 5.69 Å². The summed E-state index contributed by atoms with van der Waals surface area (Å²) in [5.74, 6) is 0.159. The first-order chi connectivity index (χ1) is 11.0. The molecule has 0 N–H and O–H groups in total. The molecule has 2 aromatic carbocycles. The summed E-state index contributed by atoms with van der Waals surface area (Å²) in [4.78, 5) is 22.0. The van der Waals surface area contributed by atoms with Crippen molar-refractivity contribution in [1.82, 2.24) is 0 Å². The third-order valence-electron chi connectivity index (χ3n) is 3.54. The highest BCUT2D eigenvalue weighted by molar-refractivity contribution is 5.81. The summed E-state index contributed by atoms with van der Waals surface area (Å²) < 4.78 is 0. The third-order valence-corrected chi connectivity index (χ3v) is 3.54. The van der Waals surface area contributed by atoms with Crippen molar-refractivity contribution < 1.29 is 9.72 Å². The van der Waals surface area contributed by atoms with Crippen molar-refractivity contribution in [3.05, 3.63) is 81.4 Å². The van der Waals surface area contributed by atoms with Crippen LogP contribution in [0.15, 0.2) is 54.6 Å². The molecule has 0 spiro atoms. The Hall–Kier alpha value is -2.75. The van der Waals surface area contributed by atoms with Crippen molar-refractivity contribution in [2.24, 2.45) is 0 Å². The van der Waals surface area contributed by atoms with E-state index in [0.29, 0.717) is 19.3 Å². The lowest BCUT2D eigenvalue weighted by atomic mass is 10.0. The quantitative estimate of drug-likeness (QED) is 0.558. The monoisotopic (exact) mass is 309 g/mol. The molecule has 2 aromatic rings. The summed E-state index contributed by atoms with van der Waals surface area (Å²) in [5.41, 5.74) is 3.29. The van der Waals surface area contributed by atoms with Crippen molar-refractivity contribution >= 4 is 17.5 Å². The lowest BCUT2D eigenvalue weighted by Crippen LogP contribution is -1.98. The molecule has 0 saturated carbocycles. The summed E-state index contributed by atoms with van der Waals surface area (Å²) in [6, 6.07) is 14.4. The second-order valence-electron chi connectivity index (χ2n) is 5.48. The predicted molar refractivity (Wildman–Crippen MR) is 91.3 cm³/mol. The Morgan fingerprint density at radius 1 is 1.17 bits per heavy atom. The van der Waals surface area contributed by atoms with E-state index in [1.165, 1.54) is 17.7 Å². The number of benzene rings is 2. The number of rotatable bonds is 7. The summed E-state index contributed by atoms with van der Waals surface area (Å²) in [6.45, 7) is 2.03. The Bertz CT molecular complexity index is 718. The van der Waals surface area contributed by atoms with E-state index in [-0.39, 0.29) is 11.5 Å². The van der Waals surface area contributed by atoms with Crippen molar-refractivity contribution in [3.8, 4) is 0 Å². The van der Waals surface area contributed by atoms with E-state index in [2.05, 4.69) is 6.07 Å². The molecular weight excluding hydrogens is 290 g/mol. The fourth-order valence-corrected chi connectivity index (χ4v) is 2.27. The summed E-state index contributed by atoms with van der Waals surface area (Å²) in [7, 11) is 0. The van der Waals surface area contributed by atoms with Crippen molar-refractivity contribution in [2.45, 2.75) is 26.2 Å². The second kappa shape index (κ2) is 8.03. The van der Waals surface area contributed by atoms with E-state index >= 15 is 0 Å². The van der Waals surface area contributed by atoms with Crippen molar-refractivity contribution in [2.75, 3.05) is 0 Å². The predicted octanol–water partition coefficient (Wildman–Crippen LogP) is 4.51. The molecule has 0 amide bonds. The first kappa shape index (κ1) is 16.6. The topological polar surface area (TPSA) is 60.2 Å². The first-order valence-electron chi connectivity index (χ1n) is 7.53. The van der Waals surface area contributed by atoms with Gasteiger partial charge in [-0.2, -0.15) is 0 Å². The van der Waals surface area contributed by atoms with E-state index < -0.39 is 4.92 Å². The fourth-order valence-electron chi connectivity index (χ4n) is 2.27. The summed E-state index contributed by atoms with van der Waals surface area (Å²) >= 11 is 0. The molecule has 0 unspecified atom stereocenters. The van der Waals surface area contributed by atoms with Gasteiger partial charge in [0.15, 0.2) is 0 Å². The maximum absolute atomic E-state index is 11.9. The van der Waals surface area contributed by atoms with E-state index in [1.807, 2.05) is 37.3 Å². The Balaban J connectivity index is 1.79. The zero-order valence-electron chi connectivity index (χ0n) is 13.1. The zero-order chi connectivity index (χ0) is 16.7. The SMILES string of the molecule is Cc1cccc(/C=C/CC(=O)CCc2ccc([N+](=O)[O-])cc2)c1. The second-order valence-corrected chi connectivity index (χ2v) is 5.48. The number of ketones is 1. The van der Waals surface area contributed by atoms with Gasteiger partial charge < -0.3 is 0 Å². The van der Waals surface area contributed by atoms with Crippen LogP contribution in [0.5, 0.6) is 0 Å². The van der Waals surface area contributed by atoms with E-state index in [0.717, 1.165) is 11.1 Å². The molecule has 0 bridgehead atoms. The maximum Gasteiger partial charge on any atom is 0.269 e. The molecule has 0 radical (unpaired) electrons. The van der Waals surface area contributed by atoms with Crippen LogP contribution in [0, 0.1) is 17.0 Å². The van der Waals surface area contributed by atoms with Gasteiger partial charge in [0.25, 0.3) is 5.69 Å². The molecular formula is C19H19NO3. The average Bonchev–Trinajstić information content (AvgIpc) is 2.53. The molecule has 0 aliphatic heterocycles. The number of nitrogens with zero attached hydrogens (tertiary/aromatic N) is 1. The third kappa shape index (κ3) is 5.51. The van der Waals surface area contributed by atoms with Crippen LogP contribution in [-0.2, 0) is 11.2 Å². The van der Waals surface area contributed by atoms with E-state index in [1.54, 1.807) is 12.1 Å². The lowest BCUT2D eigenvalue weighted by molar-refractivity contribution is -0.384. The highest BCUT2D eigenvalue weighted by Gasteiger charge is 2.05. The van der Waals surface area contributed by atoms with Gasteiger partial charge in [-0.3, -0.25) is 14.9 Å². The van der Waals surface area contributed by atoms with Crippen molar-refractivity contribution in [1.29, 1.82) is 0 Å².